The van der Waals surface area contributed by atoms with Gasteiger partial charge in [-0.05, 0) is 32.8 Å². The average molecular weight is 288 g/mol. The van der Waals surface area contributed by atoms with Crippen molar-refractivity contribution in [1.82, 2.24) is 10.3 Å². The second-order valence-corrected chi connectivity index (χ2v) is 6.39. The maximum atomic E-state index is 4.82. The van der Waals surface area contributed by atoms with Crippen LogP contribution in [0.15, 0.2) is 24.3 Å². The Hall–Kier alpha value is -1.19. The van der Waals surface area contributed by atoms with Crippen molar-refractivity contribution in [1.29, 1.82) is 0 Å². The maximum absolute atomic E-state index is 4.82. The number of hydrogen-bond acceptors (Lipinski definition) is 3. The lowest BCUT2D eigenvalue weighted by Gasteiger charge is -2.10. The van der Waals surface area contributed by atoms with Gasteiger partial charge in [-0.2, -0.15) is 0 Å². The Labute approximate surface area is 126 Å². The minimum absolute atomic E-state index is 0.559. The van der Waals surface area contributed by atoms with E-state index in [4.69, 9.17) is 4.98 Å². The molecule has 0 amide bonds. The third kappa shape index (κ3) is 3.68. The van der Waals surface area contributed by atoms with Crippen LogP contribution in [0.5, 0.6) is 0 Å². The van der Waals surface area contributed by atoms with E-state index in [-0.39, 0.29) is 0 Å². The molecule has 2 aromatic rings. The van der Waals surface area contributed by atoms with Gasteiger partial charge in [-0.25, -0.2) is 4.98 Å². The first-order valence-corrected chi connectivity index (χ1v) is 8.24. The van der Waals surface area contributed by atoms with E-state index in [1.165, 1.54) is 21.7 Å². The Balaban J connectivity index is 2.22. The fourth-order valence-corrected chi connectivity index (χ4v) is 3.21. The van der Waals surface area contributed by atoms with Gasteiger partial charge in [0, 0.05) is 23.0 Å². The van der Waals surface area contributed by atoms with E-state index in [0.717, 1.165) is 24.4 Å². The van der Waals surface area contributed by atoms with Gasteiger partial charge in [0.15, 0.2) is 0 Å². The molecule has 1 N–H and O–H groups in total. The molecule has 1 aromatic heterocycles. The Kier molecular flexibility index (Phi) is 5.32. The highest BCUT2D eigenvalue weighted by atomic mass is 32.1. The normalized spacial score (nSPS) is 12.6. The number of aryl methyl sites for hydroxylation is 2. The summed E-state index contributed by atoms with van der Waals surface area (Å²) < 4.78 is 0. The van der Waals surface area contributed by atoms with E-state index in [9.17, 15) is 0 Å². The number of hydrogen-bond donors (Lipinski definition) is 1. The van der Waals surface area contributed by atoms with Crippen LogP contribution in [0.1, 0.15) is 43.3 Å². The van der Waals surface area contributed by atoms with Crippen molar-refractivity contribution >= 4 is 11.3 Å². The van der Waals surface area contributed by atoms with Crippen LogP contribution in [0.3, 0.4) is 0 Å². The van der Waals surface area contributed by atoms with E-state index in [1.54, 1.807) is 0 Å². The Morgan fingerprint density at radius 3 is 2.75 bits per heavy atom. The molecule has 2 rings (SSSR count). The first kappa shape index (κ1) is 15.2. The zero-order valence-corrected chi connectivity index (χ0v) is 13.7. The van der Waals surface area contributed by atoms with Crippen LogP contribution in [0.4, 0.5) is 0 Å². The molecule has 1 unspecified atom stereocenters. The molecule has 1 heterocycles. The summed E-state index contributed by atoms with van der Waals surface area (Å²) in [4.78, 5) is 6.20. The molecule has 1 aromatic carbocycles. The fourth-order valence-electron chi connectivity index (χ4n) is 2.11. The smallest absolute Gasteiger partial charge is 0.123 e. The number of nitrogens with zero attached hydrogens (tertiary/aromatic N) is 1. The second-order valence-electron chi connectivity index (χ2n) is 5.30. The number of benzene rings is 1. The summed E-state index contributed by atoms with van der Waals surface area (Å²) in [7, 11) is 0. The number of aromatic nitrogens is 1. The molecule has 0 spiro atoms. The summed E-state index contributed by atoms with van der Waals surface area (Å²) in [5.74, 6) is 0. The van der Waals surface area contributed by atoms with Gasteiger partial charge in [0.25, 0.3) is 0 Å². The first-order chi connectivity index (χ1) is 9.63. The average Bonchev–Trinajstić information content (AvgIpc) is 2.88. The molecule has 20 heavy (non-hydrogen) atoms. The van der Waals surface area contributed by atoms with Crippen molar-refractivity contribution in [3.05, 3.63) is 40.4 Å². The lowest BCUT2D eigenvalue weighted by Crippen LogP contribution is -2.24. The van der Waals surface area contributed by atoms with Crippen molar-refractivity contribution in [2.75, 3.05) is 0 Å². The van der Waals surface area contributed by atoms with Gasteiger partial charge in [0.2, 0.25) is 0 Å². The van der Waals surface area contributed by atoms with Crippen molar-refractivity contribution < 1.29 is 0 Å². The number of thiazole rings is 1. The van der Waals surface area contributed by atoms with Crippen LogP contribution in [-0.4, -0.2) is 11.0 Å². The molecule has 1 atom stereocenters. The van der Waals surface area contributed by atoms with E-state index in [2.05, 4.69) is 57.3 Å². The summed E-state index contributed by atoms with van der Waals surface area (Å²) in [5, 5.41) is 4.71. The van der Waals surface area contributed by atoms with Gasteiger partial charge >= 0.3 is 0 Å². The highest BCUT2D eigenvalue weighted by Gasteiger charge is 2.12. The minimum atomic E-state index is 0.559. The van der Waals surface area contributed by atoms with Gasteiger partial charge in [-0.15, -0.1) is 11.3 Å². The monoisotopic (exact) mass is 288 g/mol. The van der Waals surface area contributed by atoms with Gasteiger partial charge in [0.05, 0.1) is 5.69 Å². The van der Waals surface area contributed by atoms with Gasteiger partial charge in [0.1, 0.15) is 5.01 Å². The Morgan fingerprint density at radius 2 is 2.10 bits per heavy atom. The highest BCUT2D eigenvalue weighted by molar-refractivity contribution is 7.15. The molecule has 0 radical (unpaired) electrons. The predicted molar refractivity (Wildman–Crippen MR) is 88.3 cm³/mol. The quantitative estimate of drug-likeness (QED) is 0.842. The minimum Gasteiger partial charge on any atom is -0.309 e. The molecular weight excluding hydrogens is 264 g/mol. The van der Waals surface area contributed by atoms with Crippen LogP contribution in [-0.2, 0) is 13.0 Å². The van der Waals surface area contributed by atoms with Crippen LogP contribution in [0.25, 0.3) is 10.6 Å². The summed E-state index contributed by atoms with van der Waals surface area (Å²) in [6, 6.07) is 9.16. The van der Waals surface area contributed by atoms with Crippen LogP contribution in [0.2, 0.25) is 0 Å². The van der Waals surface area contributed by atoms with E-state index in [1.807, 2.05) is 11.3 Å². The lowest BCUT2D eigenvalue weighted by molar-refractivity contribution is 0.535. The lowest BCUT2D eigenvalue weighted by atomic mass is 10.1. The maximum Gasteiger partial charge on any atom is 0.123 e. The molecule has 0 aliphatic rings. The summed E-state index contributed by atoms with van der Waals surface area (Å²) >= 11 is 1.82. The third-order valence-corrected chi connectivity index (χ3v) is 4.75. The van der Waals surface area contributed by atoms with Gasteiger partial charge in [-0.3, -0.25) is 0 Å². The zero-order valence-electron chi connectivity index (χ0n) is 12.9. The van der Waals surface area contributed by atoms with Crippen molar-refractivity contribution in [3.8, 4) is 10.6 Å². The molecule has 108 valence electrons. The van der Waals surface area contributed by atoms with Crippen molar-refractivity contribution in [3.63, 3.8) is 0 Å². The standard InChI is InChI=1S/C17H24N2S/c1-5-13(4)18-11-16-15(6-2)19-17(20-16)14-9-7-8-12(3)10-14/h7-10,13,18H,5-6,11H2,1-4H3. The molecule has 0 aliphatic carbocycles. The SMILES string of the molecule is CCc1nc(-c2cccc(C)c2)sc1CNC(C)CC. The number of nitrogens with one attached hydrogen (secondary N) is 1. The van der Waals surface area contributed by atoms with Gasteiger partial charge in [-0.1, -0.05) is 37.6 Å². The third-order valence-electron chi connectivity index (χ3n) is 3.60. The predicted octanol–water partition coefficient (Wildman–Crippen LogP) is 4.57. The molecule has 0 bridgehead atoms. The van der Waals surface area contributed by atoms with E-state index >= 15 is 0 Å². The molecule has 0 fully saturated rings. The Morgan fingerprint density at radius 1 is 1.30 bits per heavy atom. The van der Waals surface area contributed by atoms with Crippen molar-refractivity contribution in [2.24, 2.45) is 0 Å². The highest BCUT2D eigenvalue weighted by Crippen LogP contribution is 2.29. The summed E-state index contributed by atoms with van der Waals surface area (Å²) in [6.45, 7) is 9.68. The topological polar surface area (TPSA) is 24.9 Å². The second kappa shape index (κ2) is 7.00. The molecule has 0 saturated heterocycles. The molecular formula is C17H24N2S. The largest absolute Gasteiger partial charge is 0.309 e. The summed E-state index contributed by atoms with van der Waals surface area (Å²) in [5.41, 5.74) is 3.76. The van der Waals surface area contributed by atoms with E-state index < -0.39 is 0 Å². The number of rotatable bonds is 6. The fraction of sp³-hybridized carbons (Fsp3) is 0.471. The van der Waals surface area contributed by atoms with Gasteiger partial charge < -0.3 is 5.32 Å². The molecule has 3 heteroatoms. The molecule has 2 nitrogen and oxygen atoms in total. The summed E-state index contributed by atoms with van der Waals surface area (Å²) in [6.07, 6.45) is 2.16. The van der Waals surface area contributed by atoms with Crippen molar-refractivity contribution in [2.45, 2.75) is 53.1 Å². The van der Waals surface area contributed by atoms with Crippen LogP contribution < -0.4 is 5.32 Å². The van der Waals surface area contributed by atoms with E-state index in [0.29, 0.717) is 6.04 Å². The van der Waals surface area contributed by atoms with Crippen LogP contribution in [0, 0.1) is 6.92 Å². The molecule has 0 saturated carbocycles. The molecule has 0 aliphatic heterocycles. The first-order valence-electron chi connectivity index (χ1n) is 7.43. The zero-order chi connectivity index (χ0) is 14.5. The Bertz CT molecular complexity index is 560. The van der Waals surface area contributed by atoms with Crippen LogP contribution >= 0.6 is 11.3 Å².